The zero-order chi connectivity index (χ0) is 15.8. The third-order valence-corrected chi connectivity index (χ3v) is 5.94. The number of hydrogen-bond acceptors (Lipinski definition) is 4. The van der Waals surface area contributed by atoms with Crippen LogP contribution in [0.1, 0.15) is 33.1 Å². The number of hydrogen-bond donors (Lipinski definition) is 2. The zero-order valence-corrected chi connectivity index (χ0v) is 14.0. The molecule has 2 rings (SSSR count). The highest BCUT2D eigenvalue weighted by atomic mass is 32.2. The van der Waals surface area contributed by atoms with Crippen molar-refractivity contribution in [1.82, 2.24) is 4.31 Å². The fourth-order valence-corrected chi connectivity index (χ4v) is 3.74. The third-order valence-electron chi connectivity index (χ3n) is 4.13. The van der Waals surface area contributed by atoms with Gasteiger partial charge in [-0.25, -0.2) is 12.7 Å². The lowest BCUT2D eigenvalue weighted by atomic mass is 9.92. The molecular formula is C15H25N3O2S. The number of nitrogens with zero attached hydrogens (tertiary/aromatic N) is 1. The molecule has 0 radical (unpaired) electrons. The molecule has 1 aliphatic rings. The lowest BCUT2D eigenvalue weighted by molar-refractivity contribution is 0.378. The number of nitrogen functional groups attached to an aromatic ring is 1. The molecule has 21 heavy (non-hydrogen) atoms. The highest BCUT2D eigenvalue weighted by molar-refractivity contribution is 7.89. The van der Waals surface area contributed by atoms with Crippen LogP contribution in [0.2, 0.25) is 0 Å². The maximum Gasteiger partial charge on any atom is 0.242 e. The van der Waals surface area contributed by atoms with E-state index in [4.69, 9.17) is 5.73 Å². The van der Waals surface area contributed by atoms with Crippen LogP contribution in [-0.2, 0) is 10.0 Å². The number of anilines is 2. The minimum absolute atomic E-state index is 0.265. The minimum Gasteiger partial charge on any atom is -0.397 e. The van der Waals surface area contributed by atoms with Gasteiger partial charge < -0.3 is 11.1 Å². The van der Waals surface area contributed by atoms with Crippen LogP contribution in [0.4, 0.5) is 11.4 Å². The first-order valence-corrected chi connectivity index (χ1v) is 8.64. The van der Waals surface area contributed by atoms with E-state index >= 15 is 0 Å². The molecule has 5 nitrogen and oxygen atoms in total. The largest absolute Gasteiger partial charge is 0.397 e. The lowest BCUT2D eigenvalue weighted by Gasteiger charge is -2.20. The quantitative estimate of drug-likeness (QED) is 0.838. The van der Waals surface area contributed by atoms with Crippen molar-refractivity contribution in [2.24, 2.45) is 5.41 Å². The number of nitrogens with two attached hydrogens (primary N) is 1. The van der Waals surface area contributed by atoms with Gasteiger partial charge in [0.15, 0.2) is 0 Å². The van der Waals surface area contributed by atoms with E-state index in [2.05, 4.69) is 19.2 Å². The first-order chi connectivity index (χ1) is 9.62. The number of nitrogens with one attached hydrogen (secondary N) is 1. The summed E-state index contributed by atoms with van der Waals surface area (Å²) in [5.74, 6) is 0. The molecule has 0 spiro atoms. The van der Waals surface area contributed by atoms with Crippen LogP contribution in [0.5, 0.6) is 0 Å². The maximum absolute atomic E-state index is 12.2. The van der Waals surface area contributed by atoms with E-state index in [1.165, 1.54) is 24.8 Å². The normalized spacial score (nSPS) is 21.7. The average molecular weight is 311 g/mol. The Balaban J connectivity index is 2.25. The van der Waals surface area contributed by atoms with Crippen LogP contribution in [0.25, 0.3) is 0 Å². The Labute approximate surface area is 127 Å². The molecule has 118 valence electrons. The molecule has 1 aromatic carbocycles. The Hall–Kier alpha value is -1.27. The Kier molecular flexibility index (Phi) is 4.22. The molecule has 6 heteroatoms. The van der Waals surface area contributed by atoms with E-state index in [-0.39, 0.29) is 4.90 Å². The molecule has 1 saturated carbocycles. The summed E-state index contributed by atoms with van der Waals surface area (Å²) >= 11 is 0. The van der Waals surface area contributed by atoms with Crippen LogP contribution in [0.3, 0.4) is 0 Å². The molecule has 3 N–H and O–H groups in total. The Morgan fingerprint density at radius 2 is 2.00 bits per heavy atom. The van der Waals surface area contributed by atoms with Gasteiger partial charge in [0.05, 0.1) is 16.3 Å². The molecule has 0 aliphatic heterocycles. The summed E-state index contributed by atoms with van der Waals surface area (Å²) < 4.78 is 25.6. The highest BCUT2D eigenvalue weighted by Gasteiger charge is 2.31. The average Bonchev–Trinajstić information content (AvgIpc) is 2.71. The van der Waals surface area contributed by atoms with E-state index in [0.717, 1.165) is 12.8 Å². The summed E-state index contributed by atoms with van der Waals surface area (Å²) in [6.45, 7) is 4.51. The standard InChI is InChI=1S/C15H25N3O2S/c1-15(2)8-7-11(10-15)17-14-9-12(5-6-13(14)16)21(19,20)18(3)4/h5-6,9,11,17H,7-8,10,16H2,1-4H3. The predicted molar refractivity (Wildman–Crippen MR) is 86.8 cm³/mol. The maximum atomic E-state index is 12.2. The SMILES string of the molecule is CN(C)S(=O)(=O)c1ccc(N)c(NC2CCC(C)(C)C2)c1. The fourth-order valence-electron chi connectivity index (χ4n) is 2.81. The van der Waals surface area contributed by atoms with Crippen molar-refractivity contribution in [1.29, 1.82) is 0 Å². The van der Waals surface area contributed by atoms with Crippen molar-refractivity contribution in [3.05, 3.63) is 18.2 Å². The summed E-state index contributed by atoms with van der Waals surface area (Å²) in [5.41, 5.74) is 7.61. The Morgan fingerprint density at radius 1 is 1.33 bits per heavy atom. The fraction of sp³-hybridized carbons (Fsp3) is 0.600. The van der Waals surface area contributed by atoms with Gasteiger partial charge in [0.1, 0.15) is 0 Å². The summed E-state index contributed by atoms with van der Waals surface area (Å²) in [4.78, 5) is 0.265. The summed E-state index contributed by atoms with van der Waals surface area (Å²) in [5, 5.41) is 3.41. The lowest BCUT2D eigenvalue weighted by Crippen LogP contribution is -2.23. The molecule has 1 fully saturated rings. The van der Waals surface area contributed by atoms with Crippen molar-refractivity contribution in [3.63, 3.8) is 0 Å². The minimum atomic E-state index is -3.43. The van der Waals surface area contributed by atoms with E-state index < -0.39 is 10.0 Å². The second kappa shape index (κ2) is 5.50. The van der Waals surface area contributed by atoms with Crippen LogP contribution < -0.4 is 11.1 Å². The van der Waals surface area contributed by atoms with E-state index in [9.17, 15) is 8.42 Å². The van der Waals surface area contributed by atoms with Gasteiger partial charge in [-0.3, -0.25) is 0 Å². The highest BCUT2D eigenvalue weighted by Crippen LogP contribution is 2.39. The van der Waals surface area contributed by atoms with Gasteiger partial charge in [-0.05, 0) is 42.9 Å². The van der Waals surface area contributed by atoms with Gasteiger partial charge in [-0.2, -0.15) is 0 Å². The van der Waals surface area contributed by atoms with Gasteiger partial charge in [0.25, 0.3) is 0 Å². The van der Waals surface area contributed by atoms with Gasteiger partial charge in [-0.15, -0.1) is 0 Å². The van der Waals surface area contributed by atoms with Crippen LogP contribution in [0, 0.1) is 5.41 Å². The monoisotopic (exact) mass is 311 g/mol. The van der Waals surface area contributed by atoms with Crippen LogP contribution in [-0.4, -0.2) is 32.9 Å². The van der Waals surface area contributed by atoms with Crippen molar-refractivity contribution in [2.75, 3.05) is 25.1 Å². The number of benzene rings is 1. The van der Waals surface area contributed by atoms with Gasteiger partial charge in [0, 0.05) is 20.1 Å². The number of rotatable bonds is 4. The molecule has 1 unspecified atom stereocenters. The number of sulfonamides is 1. The van der Waals surface area contributed by atoms with Gasteiger partial charge in [0.2, 0.25) is 10.0 Å². The first kappa shape index (κ1) is 16.1. The Morgan fingerprint density at radius 3 is 2.52 bits per heavy atom. The molecule has 0 heterocycles. The van der Waals surface area contributed by atoms with E-state index in [0.29, 0.717) is 22.8 Å². The zero-order valence-electron chi connectivity index (χ0n) is 13.2. The van der Waals surface area contributed by atoms with E-state index in [1.54, 1.807) is 18.2 Å². The second-order valence-electron chi connectivity index (χ2n) is 6.78. The van der Waals surface area contributed by atoms with Crippen molar-refractivity contribution >= 4 is 21.4 Å². The van der Waals surface area contributed by atoms with Gasteiger partial charge in [-0.1, -0.05) is 13.8 Å². The molecule has 0 saturated heterocycles. The third kappa shape index (κ3) is 3.49. The molecule has 0 bridgehead atoms. The van der Waals surface area contributed by atoms with Crippen molar-refractivity contribution in [2.45, 2.75) is 44.0 Å². The molecular weight excluding hydrogens is 286 g/mol. The van der Waals surface area contributed by atoms with E-state index in [1.807, 2.05) is 0 Å². The molecule has 1 aromatic rings. The molecule has 1 aliphatic carbocycles. The topological polar surface area (TPSA) is 75.4 Å². The summed E-state index contributed by atoms with van der Waals surface area (Å²) in [7, 11) is -0.383. The second-order valence-corrected chi connectivity index (χ2v) is 8.94. The summed E-state index contributed by atoms with van der Waals surface area (Å²) in [6.07, 6.45) is 3.31. The molecule has 0 amide bonds. The van der Waals surface area contributed by atoms with Crippen LogP contribution in [0.15, 0.2) is 23.1 Å². The molecule has 1 atom stereocenters. The Bertz CT molecular complexity index is 624. The summed E-state index contributed by atoms with van der Waals surface area (Å²) in [6, 6.07) is 5.18. The smallest absolute Gasteiger partial charge is 0.242 e. The van der Waals surface area contributed by atoms with Crippen molar-refractivity contribution < 1.29 is 8.42 Å². The first-order valence-electron chi connectivity index (χ1n) is 7.20. The van der Waals surface area contributed by atoms with Gasteiger partial charge >= 0.3 is 0 Å². The van der Waals surface area contributed by atoms with Crippen LogP contribution >= 0.6 is 0 Å². The van der Waals surface area contributed by atoms with Crippen molar-refractivity contribution in [3.8, 4) is 0 Å². The molecule has 0 aromatic heterocycles. The predicted octanol–water partition coefficient (Wildman–Crippen LogP) is 2.51.